The molecule has 52 heavy (non-hydrogen) atoms. The second-order valence-electron chi connectivity index (χ2n) is 16.5. The SMILES string of the molecule is C=CCNC(=O)C(=O)C(CCCC)NC(=O)[C@@H]1CC(C(C)C)CN1C(=O)[C@@H](NC(=O)NC(COC(=O)NCC)C(C)(C)C)C1CC2CCCC[C@H]2C1. The van der Waals surface area contributed by atoms with Gasteiger partial charge in [-0.25, -0.2) is 9.59 Å². The van der Waals surface area contributed by atoms with E-state index in [1.54, 1.807) is 11.8 Å². The molecule has 3 fully saturated rings. The molecular formula is C39H66N6O7. The molecule has 0 aromatic carbocycles. The van der Waals surface area contributed by atoms with Gasteiger partial charge in [0.1, 0.15) is 18.7 Å². The Bertz CT molecular complexity index is 1250. The van der Waals surface area contributed by atoms with E-state index in [1.165, 1.54) is 6.08 Å². The number of unbranched alkanes of at least 4 members (excludes halogenated alkanes) is 1. The summed E-state index contributed by atoms with van der Waals surface area (Å²) in [5.41, 5.74) is -0.470. The molecule has 8 atom stereocenters. The lowest BCUT2D eigenvalue weighted by Crippen LogP contribution is -2.60. The van der Waals surface area contributed by atoms with Crippen molar-refractivity contribution in [2.45, 2.75) is 137 Å². The summed E-state index contributed by atoms with van der Waals surface area (Å²) in [5, 5.41) is 14.0. The average molecular weight is 731 g/mol. The van der Waals surface area contributed by atoms with Gasteiger partial charge in [0.2, 0.25) is 17.6 Å². The fourth-order valence-corrected chi connectivity index (χ4v) is 8.01. The number of ether oxygens (including phenoxy) is 1. The van der Waals surface area contributed by atoms with E-state index in [4.69, 9.17) is 4.74 Å². The zero-order valence-electron chi connectivity index (χ0n) is 32.7. The maximum Gasteiger partial charge on any atom is 0.407 e. The van der Waals surface area contributed by atoms with Gasteiger partial charge in [0.25, 0.3) is 5.91 Å². The number of Topliss-reactive ketones (excluding diaryl/α,β-unsaturated/α-hetero) is 1. The number of amides is 6. The van der Waals surface area contributed by atoms with Crippen molar-refractivity contribution in [2.24, 2.45) is 35.0 Å². The average Bonchev–Trinajstić information content (AvgIpc) is 3.74. The molecule has 2 saturated carbocycles. The maximum absolute atomic E-state index is 14.8. The molecule has 6 amide bonds. The molecule has 13 heteroatoms. The number of alkyl carbamates (subject to hydrolysis) is 1. The van der Waals surface area contributed by atoms with Crippen molar-refractivity contribution in [3.05, 3.63) is 12.7 Å². The van der Waals surface area contributed by atoms with Crippen molar-refractivity contribution < 1.29 is 33.5 Å². The quantitative estimate of drug-likeness (QED) is 0.109. The van der Waals surface area contributed by atoms with Crippen LogP contribution < -0.4 is 26.6 Å². The second kappa shape index (κ2) is 20.0. The van der Waals surface area contributed by atoms with Crippen LogP contribution >= 0.6 is 0 Å². The first-order chi connectivity index (χ1) is 24.6. The summed E-state index contributed by atoms with van der Waals surface area (Å²) in [6.07, 6.45) is 9.17. The molecule has 1 aliphatic heterocycles. The van der Waals surface area contributed by atoms with Gasteiger partial charge < -0.3 is 36.2 Å². The number of carbonyl (C=O) groups excluding carboxylic acids is 6. The summed E-state index contributed by atoms with van der Waals surface area (Å²) in [6, 6.07) is -3.85. The minimum absolute atomic E-state index is 0.0257. The monoisotopic (exact) mass is 730 g/mol. The highest BCUT2D eigenvalue weighted by Gasteiger charge is 2.48. The van der Waals surface area contributed by atoms with Crippen LogP contribution in [0.1, 0.15) is 113 Å². The topological polar surface area (TPSA) is 175 Å². The number of carbonyl (C=O) groups is 6. The molecule has 1 saturated heterocycles. The Morgan fingerprint density at radius 2 is 1.56 bits per heavy atom. The van der Waals surface area contributed by atoms with E-state index in [2.05, 4.69) is 47.0 Å². The van der Waals surface area contributed by atoms with Gasteiger partial charge in [0.15, 0.2) is 0 Å². The Kier molecular flexibility index (Phi) is 16.4. The zero-order chi connectivity index (χ0) is 38.6. The van der Waals surface area contributed by atoms with E-state index < -0.39 is 59.3 Å². The van der Waals surface area contributed by atoms with E-state index in [9.17, 15) is 28.8 Å². The number of nitrogens with one attached hydrogen (secondary N) is 5. The van der Waals surface area contributed by atoms with Crippen molar-refractivity contribution >= 4 is 35.6 Å². The first-order valence-electron chi connectivity index (χ1n) is 19.6. The van der Waals surface area contributed by atoms with Crippen LogP contribution in [0.3, 0.4) is 0 Å². The highest BCUT2D eigenvalue weighted by molar-refractivity contribution is 6.38. The van der Waals surface area contributed by atoms with Crippen molar-refractivity contribution in [2.75, 3.05) is 26.2 Å². The summed E-state index contributed by atoms with van der Waals surface area (Å²) in [6.45, 7) is 18.1. The minimum atomic E-state index is -1.03. The molecule has 0 aromatic heterocycles. The van der Waals surface area contributed by atoms with Gasteiger partial charge in [-0.2, -0.15) is 0 Å². The molecule has 1 heterocycles. The molecule has 0 radical (unpaired) electrons. The number of fused-ring (bicyclic) bond motifs is 1. The molecular weight excluding hydrogens is 664 g/mol. The van der Waals surface area contributed by atoms with Crippen LogP contribution in [0.5, 0.6) is 0 Å². The normalized spacial score (nSPS) is 24.5. The van der Waals surface area contributed by atoms with E-state index in [1.807, 2.05) is 27.7 Å². The fourth-order valence-electron chi connectivity index (χ4n) is 8.01. The summed E-state index contributed by atoms with van der Waals surface area (Å²) in [4.78, 5) is 82.2. The number of urea groups is 1. The van der Waals surface area contributed by atoms with Crippen LogP contribution in [0.4, 0.5) is 9.59 Å². The number of hydrogen-bond donors (Lipinski definition) is 5. The lowest BCUT2D eigenvalue weighted by molar-refractivity contribution is -0.143. The molecule has 294 valence electrons. The first kappa shape index (κ1) is 42.8. The standard InChI is InChI=1S/C39H66N6O7/c1-9-12-17-29(33(46)35(48)41-18-10-2)42-34(47)30-21-28(24(4)5)22-45(30)36(49)32(27-19-25-15-13-14-16-26(25)20-27)44-37(50)43-31(39(6,7)8)23-52-38(51)40-11-3/h10,24-32H,2,9,11-23H2,1,3-8H3,(H,40,51)(H,41,48)(H,42,47)(H2,43,44,50)/t25-,26?,27?,28?,29?,30-,31?,32-/m0/s1. The summed E-state index contributed by atoms with van der Waals surface area (Å²) in [7, 11) is 0. The van der Waals surface area contributed by atoms with Crippen LogP contribution in [0.15, 0.2) is 12.7 Å². The number of hydrogen-bond acceptors (Lipinski definition) is 7. The molecule has 0 bridgehead atoms. The lowest BCUT2D eigenvalue weighted by atomic mass is 9.82. The molecule has 3 rings (SSSR count). The summed E-state index contributed by atoms with van der Waals surface area (Å²) >= 11 is 0. The van der Waals surface area contributed by atoms with Crippen LogP contribution in [0, 0.1) is 35.0 Å². The smallest absolute Gasteiger partial charge is 0.407 e. The van der Waals surface area contributed by atoms with Crippen LogP contribution in [-0.4, -0.2) is 90.9 Å². The number of rotatable bonds is 17. The highest BCUT2D eigenvalue weighted by Crippen LogP contribution is 2.46. The Balaban J connectivity index is 1.89. The Labute approximate surface area is 310 Å². The number of likely N-dealkylation sites (tertiary alicyclic amines) is 1. The molecule has 0 aromatic rings. The summed E-state index contributed by atoms with van der Waals surface area (Å²) in [5.74, 6) is -1.22. The molecule has 5 N–H and O–H groups in total. The predicted octanol–water partition coefficient (Wildman–Crippen LogP) is 4.45. The van der Waals surface area contributed by atoms with Crippen molar-refractivity contribution in [1.29, 1.82) is 0 Å². The van der Waals surface area contributed by atoms with Crippen molar-refractivity contribution in [3.63, 3.8) is 0 Å². The van der Waals surface area contributed by atoms with E-state index in [0.29, 0.717) is 44.2 Å². The lowest BCUT2D eigenvalue weighted by Gasteiger charge is -2.34. The first-order valence-corrected chi connectivity index (χ1v) is 19.6. The molecule has 5 unspecified atom stereocenters. The van der Waals surface area contributed by atoms with Crippen LogP contribution in [-0.2, 0) is 23.9 Å². The van der Waals surface area contributed by atoms with Crippen molar-refractivity contribution in [1.82, 2.24) is 31.5 Å². The third kappa shape index (κ3) is 11.9. The maximum atomic E-state index is 14.8. The van der Waals surface area contributed by atoms with E-state index >= 15 is 0 Å². The second-order valence-corrected chi connectivity index (χ2v) is 16.5. The fraction of sp³-hybridized carbons (Fsp3) is 0.795. The number of ketones is 1. The van der Waals surface area contributed by atoms with Gasteiger partial charge in [-0.15, -0.1) is 6.58 Å². The summed E-state index contributed by atoms with van der Waals surface area (Å²) < 4.78 is 5.39. The molecule has 2 aliphatic carbocycles. The molecule has 3 aliphatic rings. The van der Waals surface area contributed by atoms with Crippen molar-refractivity contribution in [3.8, 4) is 0 Å². The van der Waals surface area contributed by atoms with Gasteiger partial charge in [0.05, 0.1) is 12.1 Å². The van der Waals surface area contributed by atoms with Gasteiger partial charge in [0, 0.05) is 19.6 Å². The van der Waals surface area contributed by atoms with E-state index in [-0.39, 0.29) is 36.8 Å². The van der Waals surface area contributed by atoms with Crippen LogP contribution in [0.25, 0.3) is 0 Å². The Hall–Kier alpha value is -3.64. The van der Waals surface area contributed by atoms with Gasteiger partial charge in [-0.05, 0) is 67.6 Å². The van der Waals surface area contributed by atoms with Crippen LogP contribution in [0.2, 0.25) is 0 Å². The Morgan fingerprint density at radius 1 is 0.904 bits per heavy atom. The van der Waals surface area contributed by atoms with Gasteiger partial charge in [-0.1, -0.05) is 86.1 Å². The molecule has 0 spiro atoms. The highest BCUT2D eigenvalue weighted by atomic mass is 16.5. The Morgan fingerprint density at radius 3 is 2.12 bits per heavy atom. The van der Waals surface area contributed by atoms with Gasteiger partial charge >= 0.3 is 12.1 Å². The zero-order valence-corrected chi connectivity index (χ0v) is 32.7. The molecule has 13 nitrogen and oxygen atoms in total. The van der Waals surface area contributed by atoms with E-state index in [0.717, 1.165) is 44.9 Å². The predicted molar refractivity (Wildman–Crippen MR) is 200 cm³/mol. The third-order valence-electron chi connectivity index (χ3n) is 11.3. The largest absolute Gasteiger partial charge is 0.447 e. The minimum Gasteiger partial charge on any atom is -0.447 e. The van der Waals surface area contributed by atoms with Gasteiger partial charge in [-0.3, -0.25) is 19.2 Å². The third-order valence-corrected chi connectivity index (χ3v) is 11.3. The number of nitrogens with zero attached hydrogens (tertiary/aromatic N) is 1.